The van der Waals surface area contributed by atoms with Gasteiger partial charge in [-0.25, -0.2) is 0 Å². The maximum absolute atomic E-state index is 12.5. The Hall–Kier alpha value is -2.13. The third kappa shape index (κ3) is 5.70. The summed E-state index contributed by atoms with van der Waals surface area (Å²) >= 11 is 0. The number of hydrogen-bond donors (Lipinski definition) is 4. The molecule has 1 aromatic carbocycles. The third-order valence-electron chi connectivity index (χ3n) is 2.66. The number of nitrogens with one attached hydrogen (secondary N) is 2. The van der Waals surface area contributed by atoms with E-state index < -0.39 is 36.1 Å². The minimum atomic E-state index is -4.53. The first-order chi connectivity index (χ1) is 10.2. The zero-order valence-electron chi connectivity index (χ0n) is 11.4. The molecule has 0 aliphatic carbocycles. The molecular formula is C13H15F3N2O4. The van der Waals surface area contributed by atoms with Crippen LogP contribution < -0.4 is 10.6 Å². The van der Waals surface area contributed by atoms with Gasteiger partial charge in [0, 0.05) is 12.2 Å². The number of hydrogen-bond acceptors (Lipinski definition) is 4. The standard InChI is InChI=1S/C13H15F3N2O4/c14-13(15,16)8-2-1-3-9(6-8)18-11(20)7-10(12(21)22)17-4-5-19/h1-3,6,10,17,19H,4-5,7H2,(H,18,20)(H,21,22). The van der Waals surface area contributed by atoms with E-state index in [1.54, 1.807) is 0 Å². The van der Waals surface area contributed by atoms with Crippen LogP contribution in [0.15, 0.2) is 24.3 Å². The van der Waals surface area contributed by atoms with Crippen molar-refractivity contribution >= 4 is 17.6 Å². The lowest BCUT2D eigenvalue weighted by atomic mass is 10.1. The molecule has 1 unspecified atom stereocenters. The number of carbonyl (C=O) groups excluding carboxylic acids is 1. The first-order valence-corrected chi connectivity index (χ1v) is 6.28. The minimum absolute atomic E-state index is 0.0200. The maximum atomic E-state index is 12.5. The largest absolute Gasteiger partial charge is 0.480 e. The van der Waals surface area contributed by atoms with Crippen LogP contribution in [0.5, 0.6) is 0 Å². The Morgan fingerprint density at radius 3 is 2.50 bits per heavy atom. The summed E-state index contributed by atoms with van der Waals surface area (Å²) in [6.07, 6.45) is -5.02. The van der Waals surface area contributed by atoms with E-state index in [0.29, 0.717) is 0 Å². The van der Waals surface area contributed by atoms with Gasteiger partial charge in [-0.1, -0.05) is 6.07 Å². The molecule has 4 N–H and O–H groups in total. The number of aliphatic hydroxyl groups excluding tert-OH is 1. The Morgan fingerprint density at radius 2 is 1.95 bits per heavy atom. The quantitative estimate of drug-likeness (QED) is 0.602. The van der Waals surface area contributed by atoms with Crippen LogP contribution in [-0.4, -0.2) is 41.3 Å². The highest BCUT2D eigenvalue weighted by atomic mass is 19.4. The second-order valence-corrected chi connectivity index (χ2v) is 4.40. The van der Waals surface area contributed by atoms with Crippen LogP contribution in [0.1, 0.15) is 12.0 Å². The predicted molar refractivity (Wildman–Crippen MR) is 71.2 cm³/mol. The molecule has 1 atom stereocenters. The number of alkyl halides is 3. The molecule has 9 heteroatoms. The average Bonchev–Trinajstić information content (AvgIpc) is 2.42. The molecule has 0 bridgehead atoms. The van der Waals surface area contributed by atoms with Crippen LogP contribution in [0.4, 0.5) is 18.9 Å². The fourth-order valence-electron chi connectivity index (χ4n) is 1.66. The molecule has 0 fully saturated rings. The van der Waals surface area contributed by atoms with E-state index in [-0.39, 0.29) is 18.8 Å². The number of halogens is 3. The maximum Gasteiger partial charge on any atom is 0.416 e. The van der Waals surface area contributed by atoms with Crippen molar-refractivity contribution in [2.75, 3.05) is 18.5 Å². The summed E-state index contributed by atoms with van der Waals surface area (Å²) in [5, 5.41) is 22.1. The van der Waals surface area contributed by atoms with E-state index in [9.17, 15) is 22.8 Å². The third-order valence-corrected chi connectivity index (χ3v) is 2.66. The normalized spacial score (nSPS) is 12.7. The van der Waals surface area contributed by atoms with Crippen LogP contribution in [0.25, 0.3) is 0 Å². The van der Waals surface area contributed by atoms with Crippen LogP contribution in [0.3, 0.4) is 0 Å². The molecule has 6 nitrogen and oxygen atoms in total. The van der Waals surface area contributed by atoms with Crippen molar-refractivity contribution in [2.24, 2.45) is 0 Å². The van der Waals surface area contributed by atoms with Crippen LogP contribution >= 0.6 is 0 Å². The summed E-state index contributed by atoms with van der Waals surface area (Å²) in [4.78, 5) is 22.6. The fourth-order valence-corrected chi connectivity index (χ4v) is 1.66. The Morgan fingerprint density at radius 1 is 1.27 bits per heavy atom. The second kappa shape index (κ2) is 7.76. The van der Waals surface area contributed by atoms with Crippen molar-refractivity contribution in [1.29, 1.82) is 0 Å². The first-order valence-electron chi connectivity index (χ1n) is 6.28. The van der Waals surface area contributed by atoms with Crippen molar-refractivity contribution in [3.8, 4) is 0 Å². The summed E-state index contributed by atoms with van der Waals surface area (Å²) in [6.45, 7) is -0.327. The molecule has 22 heavy (non-hydrogen) atoms. The Balaban J connectivity index is 2.70. The Labute approximate surface area is 123 Å². The SMILES string of the molecule is O=C(CC(NCCO)C(=O)O)Nc1cccc(C(F)(F)F)c1. The zero-order valence-corrected chi connectivity index (χ0v) is 11.4. The number of aliphatic carboxylic acids is 1. The van der Waals surface area contributed by atoms with Crippen LogP contribution in [0.2, 0.25) is 0 Å². The lowest BCUT2D eigenvalue weighted by Gasteiger charge is -2.14. The molecule has 1 aromatic rings. The number of amides is 1. The van der Waals surface area contributed by atoms with Crippen LogP contribution in [-0.2, 0) is 15.8 Å². The van der Waals surface area contributed by atoms with Crippen molar-refractivity contribution in [2.45, 2.75) is 18.6 Å². The molecule has 0 aliphatic rings. The summed E-state index contributed by atoms with van der Waals surface area (Å²) in [5.41, 5.74) is -0.996. The number of carboxylic acid groups (broad SMARTS) is 1. The second-order valence-electron chi connectivity index (χ2n) is 4.40. The molecule has 0 heterocycles. The van der Waals surface area contributed by atoms with E-state index in [2.05, 4.69) is 10.6 Å². The van der Waals surface area contributed by atoms with Gasteiger partial charge in [-0.2, -0.15) is 13.2 Å². The van der Waals surface area contributed by atoms with Gasteiger partial charge in [-0.15, -0.1) is 0 Å². The first kappa shape index (κ1) is 17.9. The molecule has 0 aromatic heterocycles. The molecular weight excluding hydrogens is 305 g/mol. The predicted octanol–water partition coefficient (Wildman–Crippen LogP) is 1.07. The van der Waals surface area contributed by atoms with Gasteiger partial charge < -0.3 is 20.8 Å². The smallest absolute Gasteiger partial charge is 0.416 e. The number of carbonyl (C=O) groups is 2. The molecule has 0 saturated carbocycles. The molecule has 1 rings (SSSR count). The summed E-state index contributed by atoms with van der Waals surface area (Å²) < 4.78 is 37.6. The lowest BCUT2D eigenvalue weighted by Crippen LogP contribution is -2.41. The van der Waals surface area contributed by atoms with Gasteiger partial charge >= 0.3 is 12.1 Å². The van der Waals surface area contributed by atoms with Gasteiger partial charge in [0.1, 0.15) is 6.04 Å². The van der Waals surface area contributed by atoms with Gasteiger partial charge in [0.2, 0.25) is 5.91 Å². The fraction of sp³-hybridized carbons (Fsp3) is 0.385. The molecule has 0 spiro atoms. The molecule has 122 valence electrons. The number of benzene rings is 1. The summed E-state index contributed by atoms with van der Waals surface area (Å²) in [5.74, 6) is -2.05. The lowest BCUT2D eigenvalue weighted by molar-refractivity contribution is -0.141. The average molecular weight is 320 g/mol. The van der Waals surface area contributed by atoms with Gasteiger partial charge in [0.15, 0.2) is 0 Å². The number of aliphatic hydroxyl groups is 1. The van der Waals surface area contributed by atoms with E-state index in [4.69, 9.17) is 10.2 Å². The number of carboxylic acids is 1. The van der Waals surface area contributed by atoms with Gasteiger partial charge in [0.25, 0.3) is 0 Å². The van der Waals surface area contributed by atoms with E-state index in [0.717, 1.165) is 18.2 Å². The van der Waals surface area contributed by atoms with Gasteiger partial charge in [0.05, 0.1) is 18.6 Å². The number of anilines is 1. The summed E-state index contributed by atoms with van der Waals surface area (Å²) in [6, 6.07) is 2.78. The van der Waals surface area contributed by atoms with Crippen LogP contribution in [0, 0.1) is 0 Å². The topological polar surface area (TPSA) is 98.7 Å². The van der Waals surface area contributed by atoms with E-state index in [1.165, 1.54) is 6.07 Å². The summed E-state index contributed by atoms with van der Waals surface area (Å²) in [7, 11) is 0. The zero-order chi connectivity index (χ0) is 16.8. The van der Waals surface area contributed by atoms with Crippen molar-refractivity contribution in [3.63, 3.8) is 0 Å². The monoisotopic (exact) mass is 320 g/mol. The highest BCUT2D eigenvalue weighted by Gasteiger charge is 2.30. The Bertz CT molecular complexity index is 534. The van der Waals surface area contributed by atoms with Gasteiger partial charge in [-0.05, 0) is 18.2 Å². The minimum Gasteiger partial charge on any atom is -0.480 e. The molecule has 1 amide bonds. The number of rotatable bonds is 7. The van der Waals surface area contributed by atoms with E-state index in [1.807, 2.05) is 0 Å². The molecule has 0 aliphatic heterocycles. The van der Waals surface area contributed by atoms with Gasteiger partial charge in [-0.3, -0.25) is 9.59 Å². The molecule has 0 radical (unpaired) electrons. The van der Waals surface area contributed by atoms with Crippen molar-refractivity contribution in [1.82, 2.24) is 5.32 Å². The highest BCUT2D eigenvalue weighted by Crippen LogP contribution is 2.30. The highest BCUT2D eigenvalue weighted by molar-refractivity contribution is 5.94. The van der Waals surface area contributed by atoms with E-state index >= 15 is 0 Å². The Kier molecular flexibility index (Phi) is 6.32. The van der Waals surface area contributed by atoms with Crippen molar-refractivity contribution in [3.05, 3.63) is 29.8 Å². The van der Waals surface area contributed by atoms with Crippen molar-refractivity contribution < 1.29 is 33.0 Å². The molecule has 0 saturated heterocycles.